The number of unbranched alkanes of at least 4 members (excludes halogenated alkanes) is 5. The number of aldehydes is 1. The third-order valence-electron chi connectivity index (χ3n) is 8.98. The monoisotopic (exact) mass is 497 g/mol. The lowest BCUT2D eigenvalue weighted by atomic mass is 9.63. The van der Waals surface area contributed by atoms with E-state index >= 15 is 0 Å². The standard InChI is InChI=1S/C26H41F6NO/c1-2-3-4-5-6-7-11-33-17-19(10-12-34)23-15-18(8-9-24(23)33)20-13-21(25(27,28)29)16-22(14-20)26(30,31)32/h12,18-24H,2-11,13-17H2,1H3. The molecule has 1 aliphatic heterocycles. The molecular weight excluding hydrogens is 456 g/mol. The topological polar surface area (TPSA) is 20.3 Å². The van der Waals surface area contributed by atoms with E-state index < -0.39 is 36.5 Å². The van der Waals surface area contributed by atoms with Gasteiger partial charge < -0.3 is 4.79 Å². The molecule has 0 spiro atoms. The molecule has 0 aromatic heterocycles. The van der Waals surface area contributed by atoms with Crippen LogP contribution in [0.3, 0.4) is 0 Å². The Bertz CT molecular complexity index is 614. The largest absolute Gasteiger partial charge is 0.391 e. The van der Waals surface area contributed by atoms with Crippen LogP contribution in [-0.2, 0) is 4.79 Å². The van der Waals surface area contributed by atoms with Crippen LogP contribution in [0.1, 0.15) is 90.4 Å². The Balaban J connectivity index is 1.63. The highest BCUT2D eigenvalue weighted by molar-refractivity contribution is 5.50. The first-order chi connectivity index (χ1) is 16.0. The van der Waals surface area contributed by atoms with Gasteiger partial charge in [0.25, 0.3) is 0 Å². The Hall–Kier alpha value is -0.790. The molecule has 34 heavy (non-hydrogen) atoms. The molecule has 1 saturated heterocycles. The number of carbonyl (C=O) groups is 1. The Morgan fingerprint density at radius 1 is 0.794 bits per heavy atom. The van der Waals surface area contributed by atoms with E-state index in [4.69, 9.17) is 0 Å². The molecule has 2 saturated carbocycles. The second kappa shape index (κ2) is 12.0. The zero-order valence-electron chi connectivity index (χ0n) is 20.3. The maximum absolute atomic E-state index is 13.5. The van der Waals surface area contributed by atoms with E-state index in [1.165, 1.54) is 32.1 Å². The van der Waals surface area contributed by atoms with Crippen molar-refractivity contribution in [3.05, 3.63) is 0 Å². The predicted molar refractivity (Wildman–Crippen MR) is 120 cm³/mol. The minimum atomic E-state index is -4.58. The van der Waals surface area contributed by atoms with Crippen molar-refractivity contribution >= 4 is 6.29 Å². The highest BCUT2D eigenvalue weighted by atomic mass is 19.4. The summed E-state index contributed by atoms with van der Waals surface area (Å²) in [7, 11) is 0. The van der Waals surface area contributed by atoms with Gasteiger partial charge >= 0.3 is 12.4 Å². The quantitative estimate of drug-likeness (QED) is 0.174. The molecule has 1 heterocycles. The Kier molecular flexibility index (Phi) is 9.78. The Labute approximate surface area is 200 Å². The van der Waals surface area contributed by atoms with Crippen molar-refractivity contribution in [3.8, 4) is 0 Å². The van der Waals surface area contributed by atoms with Crippen LogP contribution in [0.5, 0.6) is 0 Å². The summed E-state index contributed by atoms with van der Waals surface area (Å²) in [6.07, 6.45) is 0.391. The number of rotatable bonds is 10. The molecule has 2 aliphatic carbocycles. The number of carbonyl (C=O) groups excluding carboxylic acids is 1. The van der Waals surface area contributed by atoms with Gasteiger partial charge in [-0.05, 0) is 75.2 Å². The van der Waals surface area contributed by atoms with Crippen molar-refractivity contribution in [2.24, 2.45) is 35.5 Å². The minimum absolute atomic E-state index is 0.112. The van der Waals surface area contributed by atoms with Crippen LogP contribution in [0.25, 0.3) is 0 Å². The molecule has 8 heteroatoms. The van der Waals surface area contributed by atoms with Crippen LogP contribution in [0.4, 0.5) is 26.3 Å². The lowest BCUT2D eigenvalue weighted by Crippen LogP contribution is -2.43. The molecule has 0 radical (unpaired) electrons. The van der Waals surface area contributed by atoms with Gasteiger partial charge in [-0.1, -0.05) is 39.0 Å². The number of hydrogen-bond donors (Lipinski definition) is 0. The Morgan fingerprint density at radius 2 is 1.41 bits per heavy atom. The first kappa shape index (κ1) is 27.8. The molecule has 3 fully saturated rings. The average molecular weight is 498 g/mol. The fourth-order valence-electron chi connectivity index (χ4n) is 7.19. The van der Waals surface area contributed by atoms with Crippen LogP contribution < -0.4 is 0 Å². The van der Waals surface area contributed by atoms with Gasteiger partial charge in [-0.2, -0.15) is 26.3 Å². The SMILES string of the molecule is CCCCCCCCN1CC(CC=O)C2CC(C3CC(C(F)(F)F)CC(C(F)(F)F)C3)CCC21. The molecule has 198 valence electrons. The summed E-state index contributed by atoms with van der Waals surface area (Å²) >= 11 is 0. The number of hydrogen-bond acceptors (Lipinski definition) is 2. The van der Waals surface area contributed by atoms with E-state index in [2.05, 4.69) is 11.8 Å². The molecular formula is C26H41F6NO. The minimum Gasteiger partial charge on any atom is -0.303 e. The number of nitrogens with zero attached hydrogens (tertiary/aromatic N) is 1. The zero-order valence-corrected chi connectivity index (χ0v) is 20.3. The third kappa shape index (κ3) is 7.13. The van der Waals surface area contributed by atoms with Crippen molar-refractivity contribution in [2.45, 2.75) is 109 Å². The van der Waals surface area contributed by atoms with E-state index in [1.807, 2.05) is 0 Å². The molecule has 0 aromatic rings. The van der Waals surface area contributed by atoms with Gasteiger partial charge in [0.1, 0.15) is 6.29 Å². The molecule has 6 unspecified atom stereocenters. The highest BCUT2D eigenvalue weighted by Gasteiger charge is 2.54. The second-order valence-electron chi connectivity index (χ2n) is 11.2. The lowest BCUT2D eigenvalue weighted by molar-refractivity contribution is -0.231. The molecule has 0 N–H and O–H groups in total. The van der Waals surface area contributed by atoms with Gasteiger partial charge in [0, 0.05) is 19.0 Å². The third-order valence-corrected chi connectivity index (χ3v) is 8.98. The molecule has 3 aliphatic rings. The average Bonchev–Trinajstić information content (AvgIpc) is 3.11. The van der Waals surface area contributed by atoms with E-state index in [-0.39, 0.29) is 30.6 Å². The van der Waals surface area contributed by atoms with Crippen molar-refractivity contribution < 1.29 is 31.1 Å². The predicted octanol–water partition coefficient (Wildman–Crippen LogP) is 7.81. The molecule has 0 bridgehead atoms. The van der Waals surface area contributed by atoms with Gasteiger partial charge in [-0.25, -0.2) is 0 Å². The van der Waals surface area contributed by atoms with Crippen LogP contribution in [0.2, 0.25) is 0 Å². The van der Waals surface area contributed by atoms with Crippen molar-refractivity contribution in [1.82, 2.24) is 4.90 Å². The van der Waals surface area contributed by atoms with Gasteiger partial charge in [-0.15, -0.1) is 0 Å². The smallest absolute Gasteiger partial charge is 0.303 e. The van der Waals surface area contributed by atoms with Crippen LogP contribution >= 0.6 is 0 Å². The molecule has 0 amide bonds. The van der Waals surface area contributed by atoms with E-state index in [0.717, 1.165) is 32.2 Å². The summed E-state index contributed by atoms with van der Waals surface area (Å²) in [5.74, 6) is -4.01. The fourth-order valence-corrected chi connectivity index (χ4v) is 7.19. The molecule has 6 atom stereocenters. The molecule has 3 rings (SSSR count). The summed E-state index contributed by atoms with van der Waals surface area (Å²) in [6, 6.07) is 0.317. The van der Waals surface area contributed by atoms with E-state index in [0.29, 0.717) is 25.3 Å². The summed E-state index contributed by atoms with van der Waals surface area (Å²) in [6.45, 7) is 3.99. The maximum Gasteiger partial charge on any atom is 0.391 e. The fraction of sp³-hybridized carbons (Fsp3) is 0.962. The lowest BCUT2D eigenvalue weighted by Gasteiger charge is -2.44. The van der Waals surface area contributed by atoms with Crippen LogP contribution in [0, 0.1) is 35.5 Å². The summed E-state index contributed by atoms with van der Waals surface area (Å²) < 4.78 is 80.9. The van der Waals surface area contributed by atoms with Crippen molar-refractivity contribution in [2.75, 3.05) is 13.1 Å². The molecule has 2 nitrogen and oxygen atoms in total. The van der Waals surface area contributed by atoms with Gasteiger partial charge in [0.05, 0.1) is 11.8 Å². The normalized spacial score (nSPS) is 35.3. The zero-order chi connectivity index (χ0) is 24.9. The first-order valence-electron chi connectivity index (χ1n) is 13.4. The number of halogens is 6. The summed E-state index contributed by atoms with van der Waals surface area (Å²) in [5.41, 5.74) is 0. The van der Waals surface area contributed by atoms with Gasteiger partial charge in [0.2, 0.25) is 0 Å². The second-order valence-corrected chi connectivity index (χ2v) is 11.2. The Morgan fingerprint density at radius 3 is 2.00 bits per heavy atom. The van der Waals surface area contributed by atoms with Crippen molar-refractivity contribution in [1.29, 1.82) is 0 Å². The van der Waals surface area contributed by atoms with Crippen LogP contribution in [0.15, 0.2) is 0 Å². The van der Waals surface area contributed by atoms with Gasteiger partial charge in [-0.3, -0.25) is 4.90 Å². The summed E-state index contributed by atoms with van der Waals surface area (Å²) in [4.78, 5) is 13.8. The van der Waals surface area contributed by atoms with Crippen molar-refractivity contribution in [3.63, 3.8) is 0 Å². The number of alkyl halides is 6. The molecule has 0 aromatic carbocycles. The highest BCUT2D eigenvalue weighted by Crippen LogP contribution is 2.53. The number of likely N-dealkylation sites (tertiary alicyclic amines) is 1. The summed E-state index contributed by atoms with van der Waals surface area (Å²) in [5, 5.41) is 0. The van der Waals surface area contributed by atoms with E-state index in [9.17, 15) is 31.1 Å². The van der Waals surface area contributed by atoms with Gasteiger partial charge in [0.15, 0.2) is 0 Å². The van der Waals surface area contributed by atoms with E-state index in [1.54, 1.807) is 0 Å². The maximum atomic E-state index is 13.5. The number of fused-ring (bicyclic) bond motifs is 1. The van der Waals surface area contributed by atoms with Crippen LogP contribution in [-0.4, -0.2) is 42.7 Å². The first-order valence-corrected chi connectivity index (χ1v) is 13.4.